The summed E-state index contributed by atoms with van der Waals surface area (Å²) in [7, 11) is 0. The summed E-state index contributed by atoms with van der Waals surface area (Å²) in [6.45, 7) is 1.06. The molecule has 3 N–H and O–H groups in total. The van der Waals surface area contributed by atoms with Crippen molar-refractivity contribution >= 4 is 17.3 Å². The summed E-state index contributed by atoms with van der Waals surface area (Å²) in [5.41, 5.74) is 1.67. The van der Waals surface area contributed by atoms with E-state index in [9.17, 15) is 9.90 Å². The number of nitrogens with one attached hydrogen (secondary N) is 2. The molecule has 1 fully saturated rings. The van der Waals surface area contributed by atoms with Crippen LogP contribution in [0.2, 0.25) is 0 Å². The first-order chi connectivity index (χ1) is 9.21. The fourth-order valence-electron chi connectivity index (χ4n) is 2.55. The molecule has 19 heavy (non-hydrogen) atoms. The zero-order valence-corrected chi connectivity index (χ0v) is 10.7. The summed E-state index contributed by atoms with van der Waals surface area (Å²) in [5, 5.41) is 15.5. The van der Waals surface area contributed by atoms with Gasteiger partial charge in [-0.2, -0.15) is 0 Å². The number of anilines is 2. The molecule has 5 nitrogen and oxygen atoms in total. The number of carbonyl (C=O) groups excluding carboxylic acids is 1. The topological polar surface area (TPSA) is 70.6 Å². The Labute approximate surface area is 112 Å². The van der Waals surface area contributed by atoms with Gasteiger partial charge in [0.1, 0.15) is 5.75 Å². The highest BCUT2D eigenvalue weighted by atomic mass is 16.5. The van der Waals surface area contributed by atoms with Crippen LogP contribution < -0.4 is 15.4 Å². The first-order valence-electron chi connectivity index (χ1n) is 6.62. The minimum Gasteiger partial charge on any atom is -0.482 e. The molecule has 1 heterocycles. The van der Waals surface area contributed by atoms with Gasteiger partial charge >= 0.3 is 0 Å². The standard InChI is InChI=1S/C14H18N2O3/c17-9-14(4-1-5-14)8-15-10-2-3-12-11(6-10)16-13(18)7-19-12/h2-3,6,15,17H,1,4-5,7-9H2,(H,16,18). The van der Waals surface area contributed by atoms with Crippen molar-refractivity contribution in [3.63, 3.8) is 0 Å². The van der Waals surface area contributed by atoms with Crippen molar-refractivity contribution in [2.45, 2.75) is 19.3 Å². The van der Waals surface area contributed by atoms with Crippen LogP contribution in [0, 0.1) is 5.41 Å². The number of hydrogen-bond acceptors (Lipinski definition) is 4. The number of ether oxygens (including phenoxy) is 1. The monoisotopic (exact) mass is 262 g/mol. The number of aliphatic hydroxyl groups is 1. The predicted molar refractivity (Wildman–Crippen MR) is 72.4 cm³/mol. The van der Waals surface area contributed by atoms with Crippen LogP contribution >= 0.6 is 0 Å². The summed E-state index contributed by atoms with van der Waals surface area (Å²) in [6.07, 6.45) is 3.33. The number of rotatable bonds is 4. The van der Waals surface area contributed by atoms with E-state index in [-0.39, 0.29) is 24.5 Å². The second kappa shape index (κ2) is 4.74. The third-order valence-corrected chi connectivity index (χ3v) is 4.03. The highest BCUT2D eigenvalue weighted by molar-refractivity contribution is 5.96. The SMILES string of the molecule is O=C1COc2ccc(NCC3(CO)CCC3)cc2N1. The molecule has 0 atom stereocenters. The highest BCUT2D eigenvalue weighted by Crippen LogP contribution is 2.40. The molecule has 102 valence electrons. The van der Waals surface area contributed by atoms with Crippen LogP contribution in [-0.2, 0) is 4.79 Å². The number of carbonyl (C=O) groups is 1. The summed E-state index contributed by atoms with van der Waals surface area (Å²) >= 11 is 0. The Hall–Kier alpha value is -1.75. The maximum Gasteiger partial charge on any atom is 0.262 e. The third-order valence-electron chi connectivity index (χ3n) is 4.03. The van der Waals surface area contributed by atoms with E-state index >= 15 is 0 Å². The molecule has 3 rings (SSSR count). The smallest absolute Gasteiger partial charge is 0.262 e. The molecule has 1 aromatic rings. The van der Waals surface area contributed by atoms with Gasteiger partial charge < -0.3 is 20.5 Å². The number of fused-ring (bicyclic) bond motifs is 1. The van der Waals surface area contributed by atoms with E-state index in [4.69, 9.17) is 4.74 Å². The van der Waals surface area contributed by atoms with Crippen molar-refractivity contribution in [1.29, 1.82) is 0 Å². The van der Waals surface area contributed by atoms with Crippen LogP contribution in [0.1, 0.15) is 19.3 Å². The molecule has 0 unspecified atom stereocenters. The van der Waals surface area contributed by atoms with Gasteiger partial charge in [0, 0.05) is 17.6 Å². The Morgan fingerprint density at radius 2 is 2.26 bits per heavy atom. The molecular weight excluding hydrogens is 244 g/mol. The lowest BCUT2D eigenvalue weighted by Gasteiger charge is -2.40. The zero-order valence-electron chi connectivity index (χ0n) is 10.7. The van der Waals surface area contributed by atoms with Crippen LogP contribution in [0.25, 0.3) is 0 Å². The van der Waals surface area contributed by atoms with Gasteiger partial charge in [-0.1, -0.05) is 6.42 Å². The number of hydrogen-bond donors (Lipinski definition) is 3. The largest absolute Gasteiger partial charge is 0.482 e. The molecule has 1 saturated carbocycles. The zero-order chi connectivity index (χ0) is 13.3. The Morgan fingerprint density at radius 3 is 2.95 bits per heavy atom. The van der Waals surface area contributed by atoms with Gasteiger partial charge in [0.15, 0.2) is 6.61 Å². The molecule has 0 aromatic heterocycles. The average molecular weight is 262 g/mol. The Morgan fingerprint density at radius 1 is 1.42 bits per heavy atom. The van der Waals surface area contributed by atoms with Crippen LogP contribution in [0.3, 0.4) is 0 Å². The maximum atomic E-state index is 11.3. The van der Waals surface area contributed by atoms with Crippen molar-refractivity contribution in [2.75, 3.05) is 30.4 Å². The van der Waals surface area contributed by atoms with Gasteiger partial charge in [-0.3, -0.25) is 4.79 Å². The molecule has 0 spiro atoms. The van der Waals surface area contributed by atoms with Crippen LogP contribution in [0.5, 0.6) is 5.75 Å². The molecule has 1 aliphatic heterocycles. The normalized spacial score (nSPS) is 19.7. The van der Waals surface area contributed by atoms with Crippen molar-refractivity contribution < 1.29 is 14.6 Å². The second-order valence-electron chi connectivity index (χ2n) is 5.41. The molecule has 5 heteroatoms. The Bertz CT molecular complexity index is 492. The maximum absolute atomic E-state index is 11.3. The highest BCUT2D eigenvalue weighted by Gasteiger charge is 2.36. The van der Waals surface area contributed by atoms with E-state index in [0.29, 0.717) is 11.4 Å². The van der Waals surface area contributed by atoms with Gasteiger partial charge in [-0.15, -0.1) is 0 Å². The van der Waals surface area contributed by atoms with E-state index in [0.717, 1.165) is 25.1 Å². The average Bonchev–Trinajstić information content (AvgIpc) is 2.37. The lowest BCUT2D eigenvalue weighted by molar-refractivity contribution is -0.118. The first-order valence-corrected chi connectivity index (χ1v) is 6.62. The van der Waals surface area contributed by atoms with Crippen LogP contribution in [0.4, 0.5) is 11.4 Å². The minimum atomic E-state index is -0.129. The van der Waals surface area contributed by atoms with E-state index in [1.807, 2.05) is 18.2 Å². The molecular formula is C14H18N2O3. The van der Waals surface area contributed by atoms with E-state index < -0.39 is 0 Å². The Balaban J connectivity index is 1.68. The summed E-state index contributed by atoms with van der Waals surface area (Å²) in [6, 6.07) is 5.65. The molecule has 1 amide bonds. The van der Waals surface area contributed by atoms with Gasteiger partial charge in [0.05, 0.1) is 12.3 Å². The van der Waals surface area contributed by atoms with Gasteiger partial charge in [0.2, 0.25) is 0 Å². The first kappa shape index (κ1) is 12.3. The van der Waals surface area contributed by atoms with Gasteiger partial charge in [-0.25, -0.2) is 0 Å². The van der Waals surface area contributed by atoms with E-state index in [2.05, 4.69) is 10.6 Å². The fraction of sp³-hybridized carbons (Fsp3) is 0.500. The number of amides is 1. The van der Waals surface area contributed by atoms with Gasteiger partial charge in [-0.05, 0) is 31.0 Å². The third kappa shape index (κ3) is 2.38. The molecule has 0 radical (unpaired) electrons. The molecule has 0 saturated heterocycles. The van der Waals surface area contributed by atoms with Crippen molar-refractivity contribution in [1.82, 2.24) is 0 Å². The van der Waals surface area contributed by atoms with Crippen molar-refractivity contribution in [3.8, 4) is 5.75 Å². The quantitative estimate of drug-likeness (QED) is 0.770. The minimum absolute atomic E-state index is 0.0374. The number of aliphatic hydroxyl groups excluding tert-OH is 1. The van der Waals surface area contributed by atoms with Gasteiger partial charge in [0.25, 0.3) is 5.91 Å². The summed E-state index contributed by atoms with van der Waals surface area (Å²) in [4.78, 5) is 11.3. The number of benzene rings is 1. The van der Waals surface area contributed by atoms with Crippen LogP contribution in [0.15, 0.2) is 18.2 Å². The molecule has 0 bridgehead atoms. The van der Waals surface area contributed by atoms with Crippen molar-refractivity contribution in [3.05, 3.63) is 18.2 Å². The Kier molecular flexibility index (Phi) is 3.06. The summed E-state index contributed by atoms with van der Waals surface area (Å²) < 4.78 is 5.31. The van der Waals surface area contributed by atoms with E-state index in [1.165, 1.54) is 6.42 Å². The fourth-order valence-corrected chi connectivity index (χ4v) is 2.55. The molecule has 1 aromatic carbocycles. The molecule has 1 aliphatic carbocycles. The predicted octanol–water partition coefficient (Wildman–Crippen LogP) is 1.59. The van der Waals surface area contributed by atoms with Crippen LogP contribution in [-0.4, -0.2) is 30.8 Å². The molecule has 2 aliphatic rings. The lowest BCUT2D eigenvalue weighted by Crippen LogP contribution is -2.39. The second-order valence-corrected chi connectivity index (χ2v) is 5.41. The van der Waals surface area contributed by atoms with Crippen molar-refractivity contribution in [2.24, 2.45) is 5.41 Å². The van der Waals surface area contributed by atoms with E-state index in [1.54, 1.807) is 0 Å². The summed E-state index contributed by atoms with van der Waals surface area (Å²) in [5.74, 6) is 0.570. The lowest BCUT2D eigenvalue weighted by atomic mass is 9.69.